The van der Waals surface area contributed by atoms with Gasteiger partial charge in [0.05, 0.1) is 30.7 Å². The highest BCUT2D eigenvalue weighted by atomic mass is 35.5. The lowest BCUT2D eigenvalue weighted by molar-refractivity contribution is -0.141. The van der Waals surface area contributed by atoms with Crippen LogP contribution in [0.15, 0.2) is 23.2 Å². The lowest BCUT2D eigenvalue weighted by Gasteiger charge is -2.13. The highest BCUT2D eigenvalue weighted by molar-refractivity contribution is 8.01. The molecule has 5 nitrogen and oxygen atoms in total. The Labute approximate surface area is 148 Å². The van der Waals surface area contributed by atoms with Gasteiger partial charge in [-0.25, -0.2) is 0 Å². The highest BCUT2D eigenvalue weighted by Crippen LogP contribution is 2.38. The number of para-hydroxylation sites is 1. The second kappa shape index (κ2) is 8.04. The summed E-state index contributed by atoms with van der Waals surface area (Å²) in [7, 11) is 2.64. The van der Waals surface area contributed by atoms with Crippen LogP contribution in [-0.2, 0) is 19.1 Å². The molecule has 0 amide bonds. The van der Waals surface area contributed by atoms with Gasteiger partial charge in [0.1, 0.15) is 10.9 Å². The van der Waals surface area contributed by atoms with Crippen molar-refractivity contribution in [1.82, 2.24) is 0 Å². The standard InChI is InChI=1S/C15H15Cl2NO4S/c1-21-11(19)6-8-7-23-14(15(20)22-2)12(8)18-13-9(16)4-3-5-10(13)17/h3-5,8,14H,6-7H2,1-2H3. The minimum Gasteiger partial charge on any atom is -0.469 e. The third-order valence-electron chi connectivity index (χ3n) is 3.39. The van der Waals surface area contributed by atoms with Crippen LogP contribution in [0.4, 0.5) is 5.69 Å². The number of ether oxygens (including phenoxy) is 2. The Bertz CT molecular complexity index is 630. The maximum atomic E-state index is 12.0. The maximum Gasteiger partial charge on any atom is 0.324 e. The first kappa shape index (κ1) is 18.1. The Hall–Kier alpha value is -1.24. The van der Waals surface area contributed by atoms with E-state index in [4.69, 9.17) is 32.7 Å². The van der Waals surface area contributed by atoms with Crippen LogP contribution < -0.4 is 0 Å². The normalized spacial score (nSPS) is 22.2. The lowest BCUT2D eigenvalue weighted by Crippen LogP contribution is -2.29. The van der Waals surface area contributed by atoms with Crippen molar-refractivity contribution >= 4 is 58.3 Å². The lowest BCUT2D eigenvalue weighted by atomic mass is 9.99. The van der Waals surface area contributed by atoms with Gasteiger partial charge in [0, 0.05) is 17.4 Å². The molecule has 0 aromatic heterocycles. The quantitative estimate of drug-likeness (QED) is 0.753. The summed E-state index contributed by atoms with van der Waals surface area (Å²) in [4.78, 5) is 28.1. The van der Waals surface area contributed by atoms with Crippen LogP contribution in [0.2, 0.25) is 10.0 Å². The largest absolute Gasteiger partial charge is 0.469 e. The SMILES string of the molecule is COC(=O)CC1CSC(C(=O)OC)C1=Nc1c(Cl)cccc1Cl. The Kier molecular flexibility index (Phi) is 6.33. The van der Waals surface area contributed by atoms with Gasteiger partial charge >= 0.3 is 11.9 Å². The van der Waals surface area contributed by atoms with Crippen LogP contribution in [-0.4, -0.2) is 42.9 Å². The summed E-state index contributed by atoms with van der Waals surface area (Å²) in [5.74, 6) is -0.442. The number of hydrogen-bond donors (Lipinski definition) is 0. The van der Waals surface area contributed by atoms with Crippen molar-refractivity contribution in [3.05, 3.63) is 28.2 Å². The molecule has 0 saturated carbocycles. The Balaban J connectivity index is 2.42. The number of methoxy groups -OCH3 is 2. The molecular weight excluding hydrogens is 361 g/mol. The molecule has 0 radical (unpaired) electrons. The number of carbonyl (C=O) groups is 2. The van der Waals surface area contributed by atoms with E-state index in [1.165, 1.54) is 26.0 Å². The zero-order valence-electron chi connectivity index (χ0n) is 12.5. The first-order valence-electron chi connectivity index (χ1n) is 6.76. The fourth-order valence-electron chi connectivity index (χ4n) is 2.22. The highest BCUT2D eigenvalue weighted by Gasteiger charge is 2.39. The number of benzene rings is 1. The molecule has 0 bridgehead atoms. The van der Waals surface area contributed by atoms with E-state index in [1.54, 1.807) is 18.2 Å². The molecule has 1 fully saturated rings. The van der Waals surface area contributed by atoms with E-state index in [0.717, 1.165) is 0 Å². The number of aliphatic imine (C=N–C) groups is 1. The van der Waals surface area contributed by atoms with E-state index in [0.29, 0.717) is 27.2 Å². The van der Waals surface area contributed by atoms with E-state index in [1.807, 2.05) is 0 Å². The molecule has 0 N–H and O–H groups in total. The number of nitrogens with zero attached hydrogens (tertiary/aromatic N) is 1. The number of carbonyl (C=O) groups excluding carboxylic acids is 2. The van der Waals surface area contributed by atoms with Crippen molar-refractivity contribution in [3.63, 3.8) is 0 Å². The molecule has 124 valence electrons. The fraction of sp³-hybridized carbons (Fsp3) is 0.400. The molecule has 1 heterocycles. The summed E-state index contributed by atoms with van der Waals surface area (Å²) in [6.45, 7) is 0. The van der Waals surface area contributed by atoms with Gasteiger partial charge in [-0.2, -0.15) is 0 Å². The van der Waals surface area contributed by atoms with Gasteiger partial charge in [-0.1, -0.05) is 29.3 Å². The molecule has 1 aromatic carbocycles. The number of thioether (sulfide) groups is 1. The Morgan fingerprint density at radius 1 is 1.26 bits per heavy atom. The number of halogens is 2. The van der Waals surface area contributed by atoms with Gasteiger partial charge in [0.25, 0.3) is 0 Å². The van der Waals surface area contributed by atoms with Crippen LogP contribution >= 0.6 is 35.0 Å². The Morgan fingerprint density at radius 3 is 2.48 bits per heavy atom. The third kappa shape index (κ3) is 4.19. The van der Waals surface area contributed by atoms with Crippen LogP contribution in [0.3, 0.4) is 0 Å². The summed E-state index contributed by atoms with van der Waals surface area (Å²) in [6, 6.07) is 5.04. The molecule has 2 unspecified atom stereocenters. The van der Waals surface area contributed by atoms with Crippen LogP contribution in [0.25, 0.3) is 0 Å². The van der Waals surface area contributed by atoms with Crippen molar-refractivity contribution < 1.29 is 19.1 Å². The summed E-state index contributed by atoms with van der Waals surface area (Å²) >= 11 is 13.7. The second-order valence-electron chi connectivity index (χ2n) is 4.82. The zero-order chi connectivity index (χ0) is 17.0. The summed E-state index contributed by atoms with van der Waals surface area (Å²) in [5.41, 5.74) is 0.916. The number of rotatable bonds is 4. The first-order chi connectivity index (χ1) is 11.0. The van der Waals surface area contributed by atoms with Crippen molar-refractivity contribution in [1.29, 1.82) is 0 Å². The summed E-state index contributed by atoms with van der Waals surface area (Å²) in [5, 5.41) is 0.173. The molecular formula is C15H15Cl2NO4S. The van der Waals surface area contributed by atoms with Gasteiger partial charge < -0.3 is 9.47 Å². The molecule has 1 aliphatic heterocycles. The molecule has 8 heteroatoms. The average molecular weight is 376 g/mol. The van der Waals surface area contributed by atoms with E-state index in [-0.39, 0.29) is 18.3 Å². The number of esters is 2. The van der Waals surface area contributed by atoms with E-state index in [2.05, 4.69) is 4.99 Å². The first-order valence-corrected chi connectivity index (χ1v) is 8.57. The van der Waals surface area contributed by atoms with Gasteiger partial charge in [-0.05, 0) is 12.1 Å². The summed E-state index contributed by atoms with van der Waals surface area (Å²) in [6.07, 6.45) is 0.137. The van der Waals surface area contributed by atoms with Gasteiger partial charge in [0.2, 0.25) is 0 Å². The van der Waals surface area contributed by atoms with Gasteiger partial charge in [0.15, 0.2) is 0 Å². The maximum absolute atomic E-state index is 12.0. The molecule has 23 heavy (non-hydrogen) atoms. The molecule has 0 spiro atoms. The molecule has 2 rings (SSSR count). The van der Waals surface area contributed by atoms with Crippen LogP contribution in [0, 0.1) is 5.92 Å². The van der Waals surface area contributed by atoms with E-state index >= 15 is 0 Å². The van der Waals surface area contributed by atoms with E-state index < -0.39 is 11.2 Å². The minimum absolute atomic E-state index is 0.137. The topological polar surface area (TPSA) is 65.0 Å². The van der Waals surface area contributed by atoms with Crippen molar-refractivity contribution in [3.8, 4) is 0 Å². The van der Waals surface area contributed by atoms with Gasteiger partial charge in [-0.3, -0.25) is 14.6 Å². The van der Waals surface area contributed by atoms with Crippen LogP contribution in [0.1, 0.15) is 6.42 Å². The van der Waals surface area contributed by atoms with Crippen molar-refractivity contribution in [2.45, 2.75) is 11.7 Å². The summed E-state index contributed by atoms with van der Waals surface area (Å²) < 4.78 is 9.53. The Morgan fingerprint density at radius 2 is 1.91 bits per heavy atom. The molecule has 0 aliphatic carbocycles. The molecule has 2 atom stereocenters. The van der Waals surface area contributed by atoms with Crippen LogP contribution in [0.5, 0.6) is 0 Å². The van der Waals surface area contributed by atoms with E-state index in [9.17, 15) is 9.59 Å². The van der Waals surface area contributed by atoms with Gasteiger partial charge in [-0.15, -0.1) is 11.8 Å². The monoisotopic (exact) mass is 375 g/mol. The number of hydrogen-bond acceptors (Lipinski definition) is 6. The zero-order valence-corrected chi connectivity index (χ0v) is 14.9. The van der Waals surface area contributed by atoms with Crippen molar-refractivity contribution in [2.75, 3.05) is 20.0 Å². The second-order valence-corrected chi connectivity index (χ2v) is 6.77. The predicted molar refractivity (Wildman–Crippen MR) is 91.9 cm³/mol. The van der Waals surface area contributed by atoms with Crippen molar-refractivity contribution in [2.24, 2.45) is 10.9 Å². The smallest absolute Gasteiger partial charge is 0.324 e. The average Bonchev–Trinajstić information content (AvgIpc) is 2.92. The molecule has 1 aliphatic rings. The minimum atomic E-state index is -0.581. The molecule has 1 saturated heterocycles. The fourth-order valence-corrected chi connectivity index (χ4v) is 4.06. The molecule has 1 aromatic rings. The predicted octanol–water partition coefficient (Wildman–Crippen LogP) is 3.53. The third-order valence-corrected chi connectivity index (χ3v) is 5.36.